The Morgan fingerprint density at radius 2 is 1.81 bits per heavy atom. The predicted octanol–water partition coefficient (Wildman–Crippen LogP) is 4.47. The Hall–Kier alpha value is -3.46. The molecule has 2 aliphatic rings. The summed E-state index contributed by atoms with van der Waals surface area (Å²) in [7, 11) is -1.49. The average Bonchev–Trinajstić information content (AvgIpc) is 3.34. The Balaban J connectivity index is 1.75. The largest absolute Gasteiger partial charge is 0.846 e. The summed E-state index contributed by atoms with van der Waals surface area (Å²) in [4.78, 5) is 23.5. The Labute approximate surface area is 217 Å². The summed E-state index contributed by atoms with van der Waals surface area (Å²) in [6.07, 6.45) is 2.70. The van der Waals surface area contributed by atoms with Crippen molar-refractivity contribution in [2.45, 2.75) is 53.4 Å². The average molecular weight is 507 g/mol. The van der Waals surface area contributed by atoms with Crippen molar-refractivity contribution < 1.29 is 33.0 Å². The molecule has 0 saturated carbocycles. The highest BCUT2D eigenvalue weighted by Crippen LogP contribution is 2.43. The molecule has 2 aromatic rings. The summed E-state index contributed by atoms with van der Waals surface area (Å²) in [5, 5.41) is 9.19. The molecule has 2 aliphatic heterocycles. The van der Waals surface area contributed by atoms with Crippen LogP contribution < -0.4 is 0 Å². The van der Waals surface area contributed by atoms with Crippen LogP contribution in [0.1, 0.15) is 61.2 Å². The first-order chi connectivity index (χ1) is 17.8. The van der Waals surface area contributed by atoms with E-state index in [1.54, 1.807) is 15.2 Å². The smallest absolute Gasteiger partial charge is 0.481 e. The van der Waals surface area contributed by atoms with Crippen molar-refractivity contribution in [1.29, 1.82) is 0 Å². The van der Waals surface area contributed by atoms with E-state index in [0.717, 1.165) is 50.5 Å². The van der Waals surface area contributed by atoms with Gasteiger partial charge in [0.05, 0.1) is 17.9 Å². The summed E-state index contributed by atoms with van der Waals surface area (Å²) in [5.74, 6) is -1.19. The van der Waals surface area contributed by atoms with Gasteiger partial charge >= 0.3 is 19.2 Å². The lowest BCUT2D eigenvalue weighted by atomic mass is 9.86. The van der Waals surface area contributed by atoms with Crippen LogP contribution in [-0.4, -0.2) is 59.3 Å². The molecule has 9 heteroatoms. The second-order valence-corrected chi connectivity index (χ2v) is 9.31. The third-order valence-electron chi connectivity index (χ3n) is 7.10. The Kier molecular flexibility index (Phi) is 8.12. The number of nitrogens with zero attached hydrogens (tertiary/aromatic N) is 2. The summed E-state index contributed by atoms with van der Waals surface area (Å²) in [6, 6.07) is 9.85. The number of ether oxygens (including phenoxy) is 2. The molecular weight excluding hydrogens is 474 g/mol. The number of carbonyl (C=O) groups is 2. The standard InChI is InChI=1S/C28H32BFN2O5/c1-5-36-15-16-37-25(35)14-12-23-19(3)28-26(21-9-7-6-8-10-21)27-18(2)22(11-13-24(33)34)17-31(27)29(30)32(28)20(23)4/h6-10,17H,5,11-16H2,1-4H3/p+1. The number of aliphatic carboxylic acids is 1. The van der Waals surface area contributed by atoms with Crippen LogP contribution in [0.15, 0.2) is 47.2 Å². The van der Waals surface area contributed by atoms with Gasteiger partial charge in [-0.05, 0) is 57.2 Å². The summed E-state index contributed by atoms with van der Waals surface area (Å²) >= 11 is 0. The minimum Gasteiger partial charge on any atom is -0.481 e. The molecule has 1 aromatic heterocycles. The van der Waals surface area contributed by atoms with Crippen LogP contribution in [0.4, 0.5) is 4.32 Å². The molecule has 0 amide bonds. The number of halogens is 1. The van der Waals surface area contributed by atoms with Crippen LogP contribution in [0.2, 0.25) is 0 Å². The van der Waals surface area contributed by atoms with Crippen molar-refractivity contribution >= 4 is 31.0 Å². The number of aromatic nitrogens is 1. The van der Waals surface area contributed by atoms with Crippen LogP contribution in [0.25, 0.3) is 5.57 Å². The summed E-state index contributed by atoms with van der Waals surface area (Å²) in [5.41, 5.74) is 7.73. The fourth-order valence-electron chi connectivity index (χ4n) is 5.28. The van der Waals surface area contributed by atoms with Crippen molar-refractivity contribution in [3.8, 4) is 0 Å². The highest BCUT2D eigenvalue weighted by atomic mass is 19.1. The number of allylic oxidation sites excluding steroid dienone is 2. The van der Waals surface area contributed by atoms with Gasteiger partial charge in [0.25, 0.3) is 0 Å². The first kappa shape index (κ1) is 26.6. The Morgan fingerprint density at radius 1 is 1.08 bits per heavy atom. The zero-order valence-electron chi connectivity index (χ0n) is 21.8. The number of fused-ring (bicyclic) bond motifs is 2. The quantitative estimate of drug-likeness (QED) is 0.276. The van der Waals surface area contributed by atoms with E-state index in [4.69, 9.17) is 9.47 Å². The van der Waals surface area contributed by atoms with Gasteiger partial charge < -0.3 is 14.6 Å². The van der Waals surface area contributed by atoms with E-state index in [0.29, 0.717) is 26.1 Å². The number of rotatable bonds is 11. The maximum absolute atomic E-state index is 16.2. The molecule has 0 saturated heterocycles. The molecule has 7 nitrogen and oxygen atoms in total. The molecule has 0 atom stereocenters. The molecule has 4 rings (SSSR count). The maximum atomic E-state index is 16.2. The molecule has 0 bridgehead atoms. The number of esters is 1. The zero-order valence-corrected chi connectivity index (χ0v) is 21.8. The van der Waals surface area contributed by atoms with Gasteiger partial charge in [-0.25, -0.2) is 8.80 Å². The fourth-order valence-corrected chi connectivity index (χ4v) is 5.28. The van der Waals surface area contributed by atoms with E-state index in [9.17, 15) is 14.7 Å². The van der Waals surface area contributed by atoms with Crippen LogP contribution >= 0.6 is 0 Å². The van der Waals surface area contributed by atoms with Gasteiger partial charge in [0.2, 0.25) is 0 Å². The number of carbonyl (C=O) groups excluding carboxylic acids is 1. The number of carboxylic acid groups (broad SMARTS) is 1. The molecule has 3 heterocycles. The van der Waals surface area contributed by atoms with Gasteiger partial charge in [0.1, 0.15) is 6.61 Å². The van der Waals surface area contributed by atoms with E-state index in [-0.39, 0.29) is 25.4 Å². The predicted molar refractivity (Wildman–Crippen MR) is 140 cm³/mol. The van der Waals surface area contributed by atoms with Crippen molar-refractivity contribution in [1.82, 2.24) is 4.48 Å². The normalized spacial score (nSPS) is 14.6. The van der Waals surface area contributed by atoms with Crippen LogP contribution in [-0.2, 0) is 25.5 Å². The lowest BCUT2D eigenvalue weighted by molar-refractivity contribution is -0.331. The van der Waals surface area contributed by atoms with E-state index >= 15 is 4.32 Å². The van der Waals surface area contributed by atoms with Gasteiger partial charge in [-0.15, -0.1) is 0 Å². The van der Waals surface area contributed by atoms with E-state index < -0.39 is 13.2 Å². The molecule has 0 aliphatic carbocycles. The van der Waals surface area contributed by atoms with Crippen molar-refractivity contribution in [3.05, 3.63) is 75.3 Å². The maximum Gasteiger partial charge on any atom is 0.846 e. The molecule has 1 N–H and O–H groups in total. The zero-order chi connectivity index (χ0) is 26.7. The number of benzene rings is 1. The number of hydrogen-bond acceptors (Lipinski definition) is 4. The molecule has 194 valence electrons. The lowest BCUT2D eigenvalue weighted by Crippen LogP contribution is -2.39. The lowest BCUT2D eigenvalue weighted by Gasteiger charge is -2.21. The van der Waals surface area contributed by atoms with Crippen molar-refractivity contribution in [2.24, 2.45) is 0 Å². The molecule has 0 spiro atoms. The van der Waals surface area contributed by atoms with Crippen molar-refractivity contribution in [2.75, 3.05) is 19.8 Å². The van der Waals surface area contributed by atoms with E-state index in [2.05, 4.69) is 0 Å². The fraction of sp³-hybridized carbons (Fsp3) is 0.393. The van der Waals surface area contributed by atoms with Gasteiger partial charge in [-0.3, -0.25) is 14.1 Å². The third-order valence-corrected chi connectivity index (χ3v) is 7.10. The monoisotopic (exact) mass is 507 g/mol. The van der Waals surface area contributed by atoms with Crippen LogP contribution in [0, 0.1) is 13.8 Å². The third kappa shape index (κ3) is 5.18. The van der Waals surface area contributed by atoms with Gasteiger partial charge in [0.15, 0.2) is 11.9 Å². The first-order valence-electron chi connectivity index (χ1n) is 12.7. The molecule has 37 heavy (non-hydrogen) atoms. The first-order valence-corrected chi connectivity index (χ1v) is 12.7. The van der Waals surface area contributed by atoms with Gasteiger partial charge in [0, 0.05) is 36.3 Å². The van der Waals surface area contributed by atoms with E-state index in [1.165, 1.54) is 0 Å². The Morgan fingerprint density at radius 3 is 2.49 bits per heavy atom. The van der Waals surface area contributed by atoms with Crippen molar-refractivity contribution in [3.63, 3.8) is 0 Å². The highest BCUT2D eigenvalue weighted by molar-refractivity contribution is 6.43. The van der Waals surface area contributed by atoms with Gasteiger partial charge in [-0.2, -0.15) is 0 Å². The molecule has 0 unspecified atom stereocenters. The molecular formula is C28H33BFN2O5+. The van der Waals surface area contributed by atoms with Crippen LogP contribution in [0.5, 0.6) is 0 Å². The topological polar surface area (TPSA) is 80.8 Å². The number of hydrogen-bond donors (Lipinski definition) is 1. The van der Waals surface area contributed by atoms with E-state index in [1.807, 2.05) is 58.0 Å². The summed E-state index contributed by atoms with van der Waals surface area (Å²) in [6.45, 7) is 8.83. The minimum atomic E-state index is -1.49. The second-order valence-electron chi connectivity index (χ2n) is 9.31. The SMILES string of the molecule is CCOCCOC(=O)CCc1c(C)c2n(c1C)B(F)[N+]1=CC(CCC(=O)O)=C(C)C1=C2c1ccccc1. The Bertz CT molecular complexity index is 1310. The summed E-state index contributed by atoms with van der Waals surface area (Å²) < 4.78 is 30.0. The van der Waals surface area contributed by atoms with Gasteiger partial charge in [-0.1, -0.05) is 30.3 Å². The second kappa shape index (κ2) is 11.3. The molecule has 0 fully saturated rings. The minimum absolute atomic E-state index is 0.0168. The molecule has 1 aromatic carbocycles. The number of carboxylic acids is 1. The molecule has 0 radical (unpaired) electrons. The highest BCUT2D eigenvalue weighted by Gasteiger charge is 2.51. The van der Waals surface area contributed by atoms with Crippen LogP contribution in [0.3, 0.4) is 0 Å².